The van der Waals surface area contributed by atoms with Crippen molar-refractivity contribution in [1.82, 2.24) is 4.98 Å². The molecule has 168 valence electrons. The summed E-state index contributed by atoms with van der Waals surface area (Å²) in [6, 6.07) is 13.2. The molecule has 0 aliphatic carbocycles. The highest BCUT2D eigenvalue weighted by Gasteiger charge is 2.26. The summed E-state index contributed by atoms with van der Waals surface area (Å²) in [4.78, 5) is 31.8. The van der Waals surface area contributed by atoms with Crippen LogP contribution >= 0.6 is 11.3 Å². The summed E-state index contributed by atoms with van der Waals surface area (Å²) in [7, 11) is 0. The Morgan fingerprint density at radius 2 is 1.91 bits per heavy atom. The number of hydrogen-bond donors (Lipinski definition) is 1. The standard InChI is InChI=1S/C25H29N3O3S/c1-3-4-15-31-24(30)19-6-8-20(9-7-19)26-23(29)18-11-13-28(14-12-18)25-27-21-10-5-17(2)16-22(21)32-25/h5-10,16,18H,3-4,11-15H2,1-2H3,(H,26,29). The lowest BCUT2D eigenvalue weighted by Crippen LogP contribution is -2.38. The van der Waals surface area contributed by atoms with E-state index in [2.05, 4.69) is 42.3 Å². The largest absolute Gasteiger partial charge is 0.462 e. The van der Waals surface area contributed by atoms with Crippen molar-refractivity contribution in [2.45, 2.75) is 39.5 Å². The zero-order chi connectivity index (χ0) is 22.5. The average Bonchev–Trinajstić information content (AvgIpc) is 3.23. The van der Waals surface area contributed by atoms with Crippen LogP contribution in [-0.4, -0.2) is 36.6 Å². The number of aromatic nitrogens is 1. The number of hydrogen-bond acceptors (Lipinski definition) is 6. The predicted molar refractivity (Wildman–Crippen MR) is 130 cm³/mol. The average molecular weight is 452 g/mol. The number of benzene rings is 2. The van der Waals surface area contributed by atoms with Crippen molar-refractivity contribution >= 4 is 44.2 Å². The van der Waals surface area contributed by atoms with E-state index in [0.29, 0.717) is 17.9 Å². The number of fused-ring (bicyclic) bond motifs is 1. The zero-order valence-corrected chi connectivity index (χ0v) is 19.4. The Morgan fingerprint density at radius 3 is 2.62 bits per heavy atom. The third kappa shape index (κ3) is 5.27. The van der Waals surface area contributed by atoms with Gasteiger partial charge in [-0.05, 0) is 68.1 Å². The smallest absolute Gasteiger partial charge is 0.338 e. The van der Waals surface area contributed by atoms with Gasteiger partial charge in [0.25, 0.3) is 0 Å². The molecule has 0 radical (unpaired) electrons. The van der Waals surface area contributed by atoms with Gasteiger partial charge in [-0.3, -0.25) is 4.79 Å². The lowest BCUT2D eigenvalue weighted by molar-refractivity contribution is -0.120. The highest BCUT2D eigenvalue weighted by Crippen LogP contribution is 2.32. The van der Waals surface area contributed by atoms with Gasteiger partial charge in [0, 0.05) is 24.7 Å². The van der Waals surface area contributed by atoms with E-state index in [1.165, 1.54) is 10.3 Å². The van der Waals surface area contributed by atoms with Crippen LogP contribution in [0.5, 0.6) is 0 Å². The first kappa shape index (κ1) is 22.3. The summed E-state index contributed by atoms with van der Waals surface area (Å²) in [5.41, 5.74) is 3.47. The predicted octanol–water partition coefficient (Wildman–Crippen LogP) is 5.42. The number of carbonyl (C=O) groups is 2. The second-order valence-electron chi connectivity index (χ2n) is 8.29. The van der Waals surface area contributed by atoms with Gasteiger partial charge in [-0.15, -0.1) is 0 Å². The highest BCUT2D eigenvalue weighted by atomic mass is 32.1. The van der Waals surface area contributed by atoms with Crippen molar-refractivity contribution in [2.75, 3.05) is 29.9 Å². The molecule has 32 heavy (non-hydrogen) atoms. The number of aryl methyl sites for hydroxylation is 1. The second kappa shape index (κ2) is 10.1. The van der Waals surface area contributed by atoms with Crippen molar-refractivity contribution in [3.05, 3.63) is 53.6 Å². The number of ether oxygens (including phenoxy) is 1. The molecule has 2 aromatic carbocycles. The van der Waals surface area contributed by atoms with Crippen LogP contribution in [0.1, 0.15) is 48.5 Å². The molecular formula is C25H29N3O3S. The Balaban J connectivity index is 1.29. The maximum Gasteiger partial charge on any atom is 0.338 e. The molecule has 0 atom stereocenters. The number of piperidine rings is 1. The monoisotopic (exact) mass is 451 g/mol. The lowest BCUT2D eigenvalue weighted by atomic mass is 9.96. The maximum absolute atomic E-state index is 12.7. The summed E-state index contributed by atoms with van der Waals surface area (Å²) in [6.07, 6.45) is 3.43. The quantitative estimate of drug-likeness (QED) is 0.384. The Hall–Kier alpha value is -2.93. The number of thiazole rings is 1. The van der Waals surface area contributed by atoms with Crippen molar-refractivity contribution < 1.29 is 14.3 Å². The van der Waals surface area contributed by atoms with Crippen LogP contribution in [0.3, 0.4) is 0 Å². The number of anilines is 2. The van der Waals surface area contributed by atoms with Gasteiger partial charge in [0.15, 0.2) is 5.13 Å². The summed E-state index contributed by atoms with van der Waals surface area (Å²) >= 11 is 1.72. The summed E-state index contributed by atoms with van der Waals surface area (Å²) in [5, 5.41) is 4.02. The van der Waals surface area contributed by atoms with Crippen LogP contribution < -0.4 is 10.2 Å². The fourth-order valence-electron chi connectivity index (χ4n) is 3.81. The zero-order valence-electron chi connectivity index (χ0n) is 18.6. The van der Waals surface area contributed by atoms with E-state index in [9.17, 15) is 9.59 Å². The molecule has 1 saturated heterocycles. The fraction of sp³-hybridized carbons (Fsp3) is 0.400. The number of nitrogens with zero attached hydrogens (tertiary/aromatic N) is 2. The van der Waals surface area contributed by atoms with Crippen molar-refractivity contribution in [3.63, 3.8) is 0 Å². The minimum absolute atomic E-state index is 0.0263. The topological polar surface area (TPSA) is 71.5 Å². The van der Waals surface area contributed by atoms with E-state index in [1.54, 1.807) is 35.6 Å². The molecule has 1 fully saturated rings. The Bertz CT molecular complexity index is 1090. The van der Waals surface area contributed by atoms with Crippen LogP contribution in [-0.2, 0) is 9.53 Å². The highest BCUT2D eigenvalue weighted by molar-refractivity contribution is 7.22. The molecule has 1 aliphatic heterocycles. The minimum atomic E-state index is -0.325. The molecular weight excluding hydrogens is 422 g/mol. The van der Waals surface area contributed by atoms with Crippen molar-refractivity contribution in [3.8, 4) is 0 Å². The van der Waals surface area contributed by atoms with Gasteiger partial charge in [-0.1, -0.05) is 30.7 Å². The molecule has 2 heterocycles. The Labute approximate surface area is 192 Å². The summed E-state index contributed by atoms with van der Waals surface area (Å²) in [5.74, 6) is -0.321. The third-order valence-corrected chi connectivity index (χ3v) is 6.87. The maximum atomic E-state index is 12.7. The van der Waals surface area contributed by atoms with Crippen LogP contribution in [0.4, 0.5) is 10.8 Å². The number of esters is 1. The number of rotatable bonds is 7. The first-order valence-electron chi connectivity index (χ1n) is 11.2. The molecule has 1 N–H and O–H groups in total. The van der Waals surface area contributed by atoms with Gasteiger partial charge < -0.3 is 15.0 Å². The van der Waals surface area contributed by atoms with Crippen molar-refractivity contribution in [1.29, 1.82) is 0 Å². The van der Waals surface area contributed by atoms with Crippen LogP contribution in [0.2, 0.25) is 0 Å². The SMILES string of the molecule is CCCCOC(=O)c1ccc(NC(=O)C2CCN(c3nc4ccc(C)cc4s3)CC2)cc1. The molecule has 3 aromatic rings. The lowest BCUT2D eigenvalue weighted by Gasteiger charge is -2.31. The number of unbranched alkanes of at least 4 members (excludes halogenated alkanes) is 1. The minimum Gasteiger partial charge on any atom is -0.462 e. The molecule has 0 saturated carbocycles. The molecule has 0 spiro atoms. The molecule has 0 bridgehead atoms. The number of carbonyl (C=O) groups excluding carboxylic acids is 2. The molecule has 1 aliphatic rings. The van der Waals surface area contributed by atoms with Crippen molar-refractivity contribution in [2.24, 2.45) is 5.92 Å². The second-order valence-corrected chi connectivity index (χ2v) is 9.29. The number of amides is 1. The Morgan fingerprint density at radius 1 is 1.16 bits per heavy atom. The molecule has 4 rings (SSSR count). The molecule has 0 unspecified atom stereocenters. The molecule has 1 aromatic heterocycles. The van der Waals surface area contributed by atoms with E-state index in [4.69, 9.17) is 9.72 Å². The van der Waals surface area contributed by atoms with E-state index in [0.717, 1.165) is 49.4 Å². The normalized spacial score (nSPS) is 14.5. The first-order chi connectivity index (χ1) is 15.5. The third-order valence-electron chi connectivity index (χ3n) is 5.79. The first-order valence-corrected chi connectivity index (χ1v) is 12.1. The van der Waals surface area contributed by atoms with Gasteiger partial charge in [0.2, 0.25) is 5.91 Å². The molecule has 1 amide bonds. The van der Waals surface area contributed by atoms with E-state index < -0.39 is 0 Å². The molecule has 7 heteroatoms. The Kier molecular flexibility index (Phi) is 7.05. The summed E-state index contributed by atoms with van der Waals surface area (Å²) in [6.45, 7) is 6.22. The van der Waals surface area contributed by atoms with E-state index in [1.807, 2.05) is 0 Å². The van der Waals surface area contributed by atoms with Gasteiger partial charge in [0.05, 0.1) is 22.4 Å². The van der Waals surface area contributed by atoms with Crippen LogP contribution in [0, 0.1) is 12.8 Å². The van der Waals surface area contributed by atoms with Crippen LogP contribution in [0.15, 0.2) is 42.5 Å². The molecule has 6 nitrogen and oxygen atoms in total. The van der Waals surface area contributed by atoms with E-state index >= 15 is 0 Å². The van der Waals surface area contributed by atoms with E-state index in [-0.39, 0.29) is 17.8 Å². The fourth-order valence-corrected chi connectivity index (χ4v) is 4.93. The van der Waals surface area contributed by atoms with Gasteiger partial charge in [-0.25, -0.2) is 9.78 Å². The van der Waals surface area contributed by atoms with Crippen LogP contribution in [0.25, 0.3) is 10.2 Å². The van der Waals surface area contributed by atoms with Gasteiger partial charge >= 0.3 is 5.97 Å². The number of nitrogens with one attached hydrogen (secondary N) is 1. The summed E-state index contributed by atoms with van der Waals surface area (Å²) < 4.78 is 6.43. The van der Waals surface area contributed by atoms with Gasteiger partial charge in [0.1, 0.15) is 0 Å². The van der Waals surface area contributed by atoms with Gasteiger partial charge in [-0.2, -0.15) is 0 Å².